The Morgan fingerprint density at radius 2 is 2.04 bits per heavy atom. The van der Waals surface area contributed by atoms with Gasteiger partial charge in [0.05, 0.1) is 11.0 Å². The van der Waals surface area contributed by atoms with Gasteiger partial charge in [-0.15, -0.1) is 0 Å². The van der Waals surface area contributed by atoms with Crippen molar-refractivity contribution in [3.05, 3.63) is 70.8 Å². The lowest BCUT2D eigenvalue weighted by atomic mass is 10.2. The minimum absolute atomic E-state index is 0.0640. The van der Waals surface area contributed by atoms with Crippen molar-refractivity contribution in [2.24, 2.45) is 0 Å². The summed E-state index contributed by atoms with van der Waals surface area (Å²) in [4.78, 5) is 32.3. The Labute approximate surface area is 143 Å². The number of carbonyl (C=O) groups is 1. The van der Waals surface area contributed by atoms with Crippen molar-refractivity contribution >= 4 is 33.5 Å². The van der Waals surface area contributed by atoms with Gasteiger partial charge in [-0.1, -0.05) is 18.2 Å². The fourth-order valence-corrected chi connectivity index (χ4v) is 2.95. The van der Waals surface area contributed by atoms with Gasteiger partial charge in [0.25, 0.3) is 5.56 Å². The minimum atomic E-state index is -0.260. The highest BCUT2D eigenvalue weighted by Gasteiger charge is 2.12. The van der Waals surface area contributed by atoms with Gasteiger partial charge in [0.2, 0.25) is 5.91 Å². The Hall–Kier alpha value is -3.41. The van der Waals surface area contributed by atoms with Crippen molar-refractivity contribution in [3.8, 4) is 0 Å². The van der Waals surface area contributed by atoms with Crippen LogP contribution in [-0.2, 0) is 11.3 Å². The van der Waals surface area contributed by atoms with E-state index in [-0.39, 0.29) is 18.0 Å². The summed E-state index contributed by atoms with van der Waals surface area (Å²) >= 11 is 0. The zero-order valence-electron chi connectivity index (χ0n) is 13.6. The number of anilines is 1. The molecular weight excluding hydrogens is 316 g/mol. The van der Waals surface area contributed by atoms with Crippen LogP contribution in [0.1, 0.15) is 5.69 Å². The SMILES string of the molecule is Cc1nc2ccccc2n(CC(=O)Nc2ccc3cc[nH]c3c2)c1=O. The van der Waals surface area contributed by atoms with E-state index in [9.17, 15) is 9.59 Å². The van der Waals surface area contributed by atoms with Crippen molar-refractivity contribution in [1.82, 2.24) is 14.5 Å². The molecule has 4 rings (SSSR count). The number of aryl methyl sites for hydroxylation is 1. The third-order valence-electron chi connectivity index (χ3n) is 4.16. The van der Waals surface area contributed by atoms with Gasteiger partial charge in [0, 0.05) is 17.4 Å². The van der Waals surface area contributed by atoms with E-state index < -0.39 is 0 Å². The number of nitrogens with zero attached hydrogens (tertiary/aromatic N) is 2. The molecule has 0 aliphatic heterocycles. The number of amides is 1. The van der Waals surface area contributed by atoms with Crippen LogP contribution < -0.4 is 10.9 Å². The second kappa shape index (κ2) is 5.90. The number of aromatic nitrogens is 3. The third-order valence-corrected chi connectivity index (χ3v) is 4.16. The quantitative estimate of drug-likeness (QED) is 0.605. The van der Waals surface area contributed by atoms with E-state index in [0.29, 0.717) is 22.4 Å². The number of para-hydroxylation sites is 2. The smallest absolute Gasteiger partial charge is 0.272 e. The Kier molecular flexibility index (Phi) is 3.57. The van der Waals surface area contributed by atoms with Crippen LogP contribution in [0, 0.1) is 6.92 Å². The molecule has 0 fully saturated rings. The van der Waals surface area contributed by atoms with Crippen LogP contribution in [-0.4, -0.2) is 20.4 Å². The first kappa shape index (κ1) is 15.1. The van der Waals surface area contributed by atoms with Gasteiger partial charge in [-0.05, 0) is 42.6 Å². The maximum absolute atomic E-state index is 12.5. The van der Waals surface area contributed by atoms with Crippen molar-refractivity contribution in [2.45, 2.75) is 13.5 Å². The lowest BCUT2D eigenvalue weighted by Crippen LogP contribution is -2.30. The summed E-state index contributed by atoms with van der Waals surface area (Å²) in [6, 6.07) is 14.9. The normalized spacial score (nSPS) is 11.1. The number of hydrogen-bond acceptors (Lipinski definition) is 3. The van der Waals surface area contributed by atoms with Crippen molar-refractivity contribution < 1.29 is 4.79 Å². The summed E-state index contributed by atoms with van der Waals surface area (Å²) in [6.45, 7) is 1.59. The van der Waals surface area contributed by atoms with Gasteiger partial charge in [-0.25, -0.2) is 4.98 Å². The van der Waals surface area contributed by atoms with Gasteiger partial charge in [-0.2, -0.15) is 0 Å². The number of hydrogen-bond donors (Lipinski definition) is 2. The second-order valence-corrected chi connectivity index (χ2v) is 5.91. The molecule has 0 atom stereocenters. The molecule has 2 aromatic carbocycles. The van der Waals surface area contributed by atoms with Crippen LogP contribution in [0.2, 0.25) is 0 Å². The van der Waals surface area contributed by atoms with Crippen LogP contribution in [0.5, 0.6) is 0 Å². The Balaban J connectivity index is 1.65. The first-order valence-corrected chi connectivity index (χ1v) is 7.95. The molecule has 0 saturated heterocycles. The maximum atomic E-state index is 12.5. The van der Waals surface area contributed by atoms with E-state index in [4.69, 9.17) is 0 Å². The first-order chi connectivity index (χ1) is 12.1. The summed E-state index contributed by atoms with van der Waals surface area (Å²) in [5.41, 5.74) is 3.09. The zero-order valence-corrected chi connectivity index (χ0v) is 13.6. The zero-order chi connectivity index (χ0) is 17.4. The first-order valence-electron chi connectivity index (χ1n) is 7.95. The molecule has 25 heavy (non-hydrogen) atoms. The third kappa shape index (κ3) is 2.78. The van der Waals surface area contributed by atoms with Crippen LogP contribution in [0.15, 0.2) is 59.5 Å². The minimum Gasteiger partial charge on any atom is -0.361 e. The van der Waals surface area contributed by atoms with Crippen molar-refractivity contribution in [2.75, 3.05) is 5.32 Å². The lowest BCUT2D eigenvalue weighted by molar-refractivity contribution is -0.116. The predicted molar refractivity (Wildman–Crippen MR) is 97.7 cm³/mol. The number of nitrogens with one attached hydrogen (secondary N) is 2. The van der Waals surface area contributed by atoms with E-state index >= 15 is 0 Å². The summed E-state index contributed by atoms with van der Waals surface area (Å²) in [5.74, 6) is -0.260. The van der Waals surface area contributed by atoms with E-state index in [2.05, 4.69) is 15.3 Å². The topological polar surface area (TPSA) is 79.8 Å². The molecule has 2 aromatic heterocycles. The lowest BCUT2D eigenvalue weighted by Gasteiger charge is -2.11. The Bertz CT molecular complexity index is 1160. The van der Waals surface area contributed by atoms with E-state index in [1.54, 1.807) is 13.0 Å². The van der Waals surface area contributed by atoms with Crippen LogP contribution >= 0.6 is 0 Å². The Morgan fingerprint density at radius 3 is 2.92 bits per heavy atom. The van der Waals surface area contributed by atoms with Gasteiger partial charge < -0.3 is 10.3 Å². The van der Waals surface area contributed by atoms with Crippen molar-refractivity contribution in [3.63, 3.8) is 0 Å². The number of aromatic amines is 1. The molecular formula is C19H16N4O2. The highest BCUT2D eigenvalue weighted by molar-refractivity contribution is 5.94. The monoisotopic (exact) mass is 332 g/mol. The molecule has 2 N–H and O–H groups in total. The standard InChI is InChI=1S/C19H16N4O2/c1-12-19(25)23(17-5-3-2-4-15(17)21-12)11-18(24)22-14-7-6-13-8-9-20-16(13)10-14/h2-10,20H,11H2,1H3,(H,22,24). The molecule has 0 aliphatic carbocycles. The maximum Gasteiger partial charge on any atom is 0.272 e. The van der Waals surface area contributed by atoms with E-state index in [1.807, 2.05) is 48.7 Å². The van der Waals surface area contributed by atoms with Gasteiger partial charge in [0.15, 0.2) is 0 Å². The average molecular weight is 332 g/mol. The van der Waals surface area contributed by atoms with Crippen LogP contribution in [0.25, 0.3) is 21.9 Å². The molecule has 2 heterocycles. The predicted octanol–water partition coefficient (Wildman–Crippen LogP) is 2.82. The highest BCUT2D eigenvalue weighted by Crippen LogP contribution is 2.18. The molecule has 0 saturated carbocycles. The Morgan fingerprint density at radius 1 is 1.20 bits per heavy atom. The molecule has 6 nitrogen and oxygen atoms in total. The van der Waals surface area contributed by atoms with Gasteiger partial charge in [0.1, 0.15) is 12.2 Å². The highest BCUT2D eigenvalue weighted by atomic mass is 16.2. The molecule has 124 valence electrons. The molecule has 0 unspecified atom stereocenters. The van der Waals surface area contributed by atoms with Crippen LogP contribution in [0.4, 0.5) is 5.69 Å². The van der Waals surface area contributed by atoms with E-state index in [1.165, 1.54) is 4.57 Å². The molecule has 0 spiro atoms. The molecule has 0 radical (unpaired) electrons. The number of carbonyl (C=O) groups excluding carboxylic acids is 1. The number of fused-ring (bicyclic) bond motifs is 2. The number of rotatable bonds is 3. The number of H-pyrrole nitrogens is 1. The molecule has 4 aromatic rings. The average Bonchev–Trinajstić information content (AvgIpc) is 3.06. The fraction of sp³-hybridized carbons (Fsp3) is 0.105. The summed E-state index contributed by atoms with van der Waals surface area (Å²) in [7, 11) is 0. The molecule has 1 amide bonds. The van der Waals surface area contributed by atoms with Gasteiger partial charge >= 0.3 is 0 Å². The molecule has 0 bridgehead atoms. The van der Waals surface area contributed by atoms with Crippen molar-refractivity contribution in [1.29, 1.82) is 0 Å². The summed E-state index contributed by atoms with van der Waals surface area (Å²) in [6.07, 6.45) is 1.85. The number of benzene rings is 2. The summed E-state index contributed by atoms with van der Waals surface area (Å²) < 4.78 is 1.46. The fourth-order valence-electron chi connectivity index (χ4n) is 2.95. The second-order valence-electron chi connectivity index (χ2n) is 5.91. The largest absolute Gasteiger partial charge is 0.361 e. The van der Waals surface area contributed by atoms with Crippen LogP contribution in [0.3, 0.4) is 0 Å². The summed E-state index contributed by atoms with van der Waals surface area (Å²) in [5, 5.41) is 3.92. The van der Waals surface area contributed by atoms with E-state index in [0.717, 1.165) is 10.9 Å². The van der Waals surface area contributed by atoms with Gasteiger partial charge in [-0.3, -0.25) is 14.2 Å². The molecule has 6 heteroatoms. The molecule has 0 aliphatic rings.